The summed E-state index contributed by atoms with van der Waals surface area (Å²) in [5, 5.41) is 0. The van der Waals surface area contributed by atoms with Crippen molar-refractivity contribution in [3.8, 4) is 0 Å². The summed E-state index contributed by atoms with van der Waals surface area (Å²) in [6, 6.07) is 1.37. The van der Waals surface area contributed by atoms with Gasteiger partial charge in [-0.05, 0) is 19.9 Å². The van der Waals surface area contributed by atoms with E-state index in [0.717, 1.165) is 16.3 Å². The van der Waals surface area contributed by atoms with Crippen molar-refractivity contribution in [1.82, 2.24) is 14.4 Å². The molecule has 1 aromatic heterocycles. The number of rotatable bonds is 3. The third-order valence-corrected chi connectivity index (χ3v) is 3.61. The molecule has 1 fully saturated rings. The Kier molecular flexibility index (Phi) is 3.18. The number of carbonyl (C=O) groups is 3. The lowest BCUT2D eigenvalue weighted by Gasteiger charge is -2.13. The van der Waals surface area contributed by atoms with E-state index < -0.39 is 6.03 Å². The van der Waals surface area contributed by atoms with Gasteiger partial charge in [-0.3, -0.25) is 14.5 Å². The molecule has 6 nitrogen and oxygen atoms in total. The second kappa shape index (κ2) is 4.53. The molecule has 0 bridgehead atoms. The van der Waals surface area contributed by atoms with E-state index in [1.54, 1.807) is 13.1 Å². The van der Waals surface area contributed by atoms with Crippen molar-refractivity contribution in [2.75, 3.05) is 20.1 Å². The molecule has 2 rings (SSSR count). The van der Waals surface area contributed by atoms with Gasteiger partial charge in [0.2, 0.25) is 0 Å². The van der Waals surface area contributed by atoms with E-state index in [-0.39, 0.29) is 24.8 Å². The fraction of sp³-hybridized carbons (Fsp3) is 0.462. The van der Waals surface area contributed by atoms with E-state index in [0.29, 0.717) is 5.56 Å². The molecule has 19 heavy (non-hydrogen) atoms. The lowest BCUT2D eigenvalue weighted by Crippen LogP contribution is -2.36. The monoisotopic (exact) mass is 263 g/mol. The van der Waals surface area contributed by atoms with E-state index in [1.807, 2.05) is 25.5 Å². The molecule has 0 spiro atoms. The normalized spacial score (nSPS) is 15.6. The van der Waals surface area contributed by atoms with Crippen LogP contribution in [0.25, 0.3) is 0 Å². The van der Waals surface area contributed by atoms with Gasteiger partial charge in [0, 0.05) is 31.0 Å². The molecule has 102 valence electrons. The van der Waals surface area contributed by atoms with Crippen LogP contribution in [-0.4, -0.2) is 52.2 Å². The molecular weight excluding hydrogens is 246 g/mol. The van der Waals surface area contributed by atoms with E-state index >= 15 is 0 Å². The minimum atomic E-state index is -0.413. The van der Waals surface area contributed by atoms with Gasteiger partial charge < -0.3 is 9.47 Å². The second-order valence-electron chi connectivity index (χ2n) is 4.89. The fourth-order valence-corrected chi connectivity index (χ4v) is 2.19. The topological polar surface area (TPSA) is 62.6 Å². The summed E-state index contributed by atoms with van der Waals surface area (Å²) in [7, 11) is 3.42. The number of hydrogen-bond donors (Lipinski definition) is 0. The van der Waals surface area contributed by atoms with Gasteiger partial charge in [0.05, 0.1) is 6.54 Å². The van der Waals surface area contributed by atoms with Gasteiger partial charge in [-0.2, -0.15) is 0 Å². The summed E-state index contributed by atoms with van der Waals surface area (Å²) in [5.74, 6) is -0.538. The fourth-order valence-electron chi connectivity index (χ4n) is 2.19. The molecule has 2 heterocycles. The number of aryl methyl sites for hydroxylation is 1. The largest absolute Gasteiger partial charge is 0.351 e. The predicted molar refractivity (Wildman–Crippen MR) is 69.0 cm³/mol. The highest BCUT2D eigenvalue weighted by Crippen LogP contribution is 2.16. The van der Waals surface area contributed by atoms with E-state index in [2.05, 4.69) is 0 Å². The number of ketones is 1. The van der Waals surface area contributed by atoms with E-state index in [4.69, 9.17) is 0 Å². The zero-order valence-electron chi connectivity index (χ0n) is 11.6. The molecule has 0 atom stereocenters. The van der Waals surface area contributed by atoms with E-state index in [1.165, 1.54) is 4.90 Å². The Labute approximate surface area is 111 Å². The van der Waals surface area contributed by atoms with Crippen LogP contribution in [0.15, 0.2) is 6.07 Å². The van der Waals surface area contributed by atoms with Gasteiger partial charge in [0.15, 0.2) is 5.78 Å². The molecule has 1 aliphatic heterocycles. The van der Waals surface area contributed by atoms with Gasteiger partial charge in [-0.15, -0.1) is 0 Å². The van der Waals surface area contributed by atoms with Crippen molar-refractivity contribution in [3.63, 3.8) is 0 Å². The Hall–Kier alpha value is -2.11. The maximum absolute atomic E-state index is 12.2. The van der Waals surface area contributed by atoms with Crippen LogP contribution in [0, 0.1) is 13.8 Å². The number of aromatic nitrogens is 1. The highest BCUT2D eigenvalue weighted by Gasteiger charge is 2.35. The van der Waals surface area contributed by atoms with Crippen LogP contribution in [0.5, 0.6) is 0 Å². The summed E-state index contributed by atoms with van der Waals surface area (Å²) in [4.78, 5) is 37.9. The zero-order valence-corrected chi connectivity index (χ0v) is 11.6. The quantitative estimate of drug-likeness (QED) is 0.596. The Morgan fingerprint density at radius 1 is 1.26 bits per heavy atom. The van der Waals surface area contributed by atoms with Crippen molar-refractivity contribution >= 4 is 17.7 Å². The third kappa shape index (κ3) is 2.14. The SMILES string of the molecule is Cc1cc(C(=O)CN2C(=O)CN(C)C2=O)c(C)n1C. The molecule has 1 aliphatic rings. The molecule has 0 saturated carbocycles. The average molecular weight is 263 g/mol. The third-order valence-electron chi connectivity index (χ3n) is 3.61. The first-order valence-corrected chi connectivity index (χ1v) is 6.04. The number of carbonyl (C=O) groups excluding carboxylic acids is 3. The van der Waals surface area contributed by atoms with Gasteiger partial charge in [0.1, 0.15) is 6.54 Å². The Morgan fingerprint density at radius 2 is 1.89 bits per heavy atom. The minimum absolute atomic E-state index is 0.0406. The van der Waals surface area contributed by atoms with Crippen LogP contribution in [0.4, 0.5) is 4.79 Å². The first-order valence-electron chi connectivity index (χ1n) is 6.04. The zero-order chi connectivity index (χ0) is 14.3. The number of imide groups is 1. The lowest BCUT2D eigenvalue weighted by molar-refractivity contribution is -0.125. The molecule has 0 radical (unpaired) electrons. The molecule has 0 aliphatic carbocycles. The first-order chi connectivity index (χ1) is 8.82. The highest BCUT2D eigenvalue weighted by molar-refractivity contribution is 6.08. The molecule has 1 aromatic rings. The number of likely N-dealkylation sites (N-methyl/N-ethyl adjacent to an activating group) is 1. The van der Waals surface area contributed by atoms with Crippen LogP contribution in [0.2, 0.25) is 0 Å². The molecule has 0 aromatic carbocycles. The smallest absolute Gasteiger partial charge is 0.327 e. The van der Waals surface area contributed by atoms with Crippen molar-refractivity contribution in [2.24, 2.45) is 7.05 Å². The van der Waals surface area contributed by atoms with Crippen LogP contribution in [-0.2, 0) is 11.8 Å². The predicted octanol–water partition coefficient (Wildman–Crippen LogP) is 0.719. The molecule has 0 unspecified atom stereocenters. The van der Waals surface area contributed by atoms with Gasteiger partial charge in [-0.1, -0.05) is 0 Å². The maximum atomic E-state index is 12.2. The van der Waals surface area contributed by atoms with Gasteiger partial charge in [-0.25, -0.2) is 4.79 Å². The lowest BCUT2D eigenvalue weighted by atomic mass is 10.1. The van der Waals surface area contributed by atoms with Crippen molar-refractivity contribution in [3.05, 3.63) is 23.0 Å². The summed E-state index contributed by atoms with van der Waals surface area (Å²) in [6.07, 6.45) is 0. The van der Waals surface area contributed by atoms with Crippen LogP contribution >= 0.6 is 0 Å². The van der Waals surface area contributed by atoms with Gasteiger partial charge in [0.25, 0.3) is 5.91 Å². The van der Waals surface area contributed by atoms with Crippen molar-refractivity contribution < 1.29 is 14.4 Å². The number of Topliss-reactive ketones (excluding diaryl/α,β-unsaturated/α-hetero) is 1. The average Bonchev–Trinajstić information content (AvgIpc) is 2.74. The first kappa shape index (κ1) is 13.3. The Morgan fingerprint density at radius 3 is 2.32 bits per heavy atom. The number of urea groups is 1. The minimum Gasteiger partial charge on any atom is -0.351 e. The Bertz CT molecular complexity index is 574. The van der Waals surface area contributed by atoms with Crippen molar-refractivity contribution in [2.45, 2.75) is 13.8 Å². The maximum Gasteiger partial charge on any atom is 0.327 e. The molecule has 6 heteroatoms. The van der Waals surface area contributed by atoms with Crippen LogP contribution in [0.1, 0.15) is 21.7 Å². The summed E-state index contributed by atoms with van der Waals surface area (Å²) in [6.45, 7) is 3.61. The summed E-state index contributed by atoms with van der Waals surface area (Å²) < 4.78 is 1.91. The Balaban J connectivity index is 2.20. The molecule has 3 amide bonds. The molecule has 1 saturated heterocycles. The highest BCUT2D eigenvalue weighted by atomic mass is 16.2. The van der Waals surface area contributed by atoms with Crippen molar-refractivity contribution in [1.29, 1.82) is 0 Å². The number of hydrogen-bond acceptors (Lipinski definition) is 3. The number of nitrogens with zero attached hydrogens (tertiary/aromatic N) is 3. The van der Waals surface area contributed by atoms with Crippen LogP contribution in [0.3, 0.4) is 0 Å². The standard InChI is InChI=1S/C13H17N3O3/c1-8-5-10(9(2)15(8)4)11(17)6-16-12(18)7-14(3)13(16)19/h5H,6-7H2,1-4H3. The molecular formula is C13H17N3O3. The van der Waals surface area contributed by atoms with Gasteiger partial charge >= 0.3 is 6.03 Å². The summed E-state index contributed by atoms with van der Waals surface area (Å²) >= 11 is 0. The number of amides is 3. The molecule has 0 N–H and O–H groups in total. The van der Waals surface area contributed by atoms with E-state index in [9.17, 15) is 14.4 Å². The second-order valence-corrected chi connectivity index (χ2v) is 4.89. The summed E-state index contributed by atoms with van der Waals surface area (Å²) in [5.41, 5.74) is 2.38. The van der Waals surface area contributed by atoms with Crippen LogP contribution < -0.4 is 0 Å².